The number of piperidine rings is 1. The summed E-state index contributed by atoms with van der Waals surface area (Å²) in [5.74, 6) is 0.0427. The van der Waals surface area contributed by atoms with Gasteiger partial charge in [-0.1, -0.05) is 31.5 Å². The van der Waals surface area contributed by atoms with Gasteiger partial charge in [0.2, 0.25) is 11.8 Å². The SMILES string of the molecule is COCCCNC(=O)C(NC(=O)c1ccc(C)cc1)C1CCN(C(=O)CC(C)C)CC1. The molecule has 0 bridgehead atoms. The molecular weight excluding hydrogens is 394 g/mol. The number of carbonyl (C=O) groups is 3. The van der Waals surface area contributed by atoms with Gasteiger partial charge in [-0.05, 0) is 50.2 Å². The van der Waals surface area contributed by atoms with E-state index in [9.17, 15) is 14.4 Å². The number of ether oxygens (including phenoxy) is 1. The van der Waals surface area contributed by atoms with Crippen LogP contribution in [-0.4, -0.2) is 62.0 Å². The van der Waals surface area contributed by atoms with E-state index in [2.05, 4.69) is 10.6 Å². The first kappa shape index (κ1) is 24.9. The third kappa shape index (κ3) is 7.98. The molecule has 1 atom stereocenters. The highest BCUT2D eigenvalue weighted by molar-refractivity contribution is 5.97. The van der Waals surface area contributed by atoms with Crippen LogP contribution in [0.2, 0.25) is 0 Å². The fraction of sp³-hybridized carbons (Fsp3) is 0.625. The first-order chi connectivity index (χ1) is 14.8. The molecule has 1 saturated heterocycles. The van der Waals surface area contributed by atoms with Gasteiger partial charge in [0, 0.05) is 45.3 Å². The number of nitrogens with zero attached hydrogens (tertiary/aromatic N) is 1. The van der Waals surface area contributed by atoms with Crippen molar-refractivity contribution in [2.45, 2.75) is 52.5 Å². The molecule has 0 radical (unpaired) electrons. The van der Waals surface area contributed by atoms with Crippen molar-refractivity contribution in [3.63, 3.8) is 0 Å². The zero-order valence-corrected chi connectivity index (χ0v) is 19.3. The molecule has 1 aliphatic rings. The monoisotopic (exact) mass is 431 g/mol. The van der Waals surface area contributed by atoms with Gasteiger partial charge in [0.05, 0.1) is 0 Å². The van der Waals surface area contributed by atoms with Crippen molar-refractivity contribution in [3.05, 3.63) is 35.4 Å². The van der Waals surface area contributed by atoms with Gasteiger partial charge in [0.15, 0.2) is 0 Å². The summed E-state index contributed by atoms with van der Waals surface area (Å²) in [5.41, 5.74) is 1.61. The van der Waals surface area contributed by atoms with Crippen LogP contribution in [0.15, 0.2) is 24.3 Å². The zero-order chi connectivity index (χ0) is 22.8. The van der Waals surface area contributed by atoms with Gasteiger partial charge < -0.3 is 20.3 Å². The van der Waals surface area contributed by atoms with Crippen molar-refractivity contribution in [2.24, 2.45) is 11.8 Å². The second-order valence-corrected chi connectivity index (χ2v) is 8.77. The molecule has 2 N–H and O–H groups in total. The Morgan fingerprint density at radius 3 is 2.35 bits per heavy atom. The maximum absolute atomic E-state index is 12.9. The number of amides is 3. The second-order valence-electron chi connectivity index (χ2n) is 8.77. The lowest BCUT2D eigenvalue weighted by Gasteiger charge is -2.36. The number of methoxy groups -OCH3 is 1. The number of hydrogen-bond donors (Lipinski definition) is 2. The van der Waals surface area contributed by atoms with Gasteiger partial charge in [-0.25, -0.2) is 0 Å². The number of rotatable bonds is 10. The average molecular weight is 432 g/mol. The first-order valence-corrected chi connectivity index (χ1v) is 11.2. The summed E-state index contributed by atoms with van der Waals surface area (Å²) in [6.07, 6.45) is 2.63. The van der Waals surface area contributed by atoms with E-state index in [1.54, 1.807) is 19.2 Å². The predicted molar refractivity (Wildman–Crippen MR) is 121 cm³/mol. The minimum Gasteiger partial charge on any atom is -0.385 e. The van der Waals surface area contributed by atoms with E-state index in [0.717, 1.165) is 5.56 Å². The van der Waals surface area contributed by atoms with Crippen molar-refractivity contribution < 1.29 is 19.1 Å². The van der Waals surface area contributed by atoms with Crippen LogP contribution in [0.3, 0.4) is 0 Å². The summed E-state index contributed by atoms with van der Waals surface area (Å²) in [6, 6.07) is 6.68. The number of carbonyl (C=O) groups excluding carboxylic acids is 3. The molecule has 1 fully saturated rings. The Bertz CT molecular complexity index is 725. The molecule has 0 aliphatic carbocycles. The predicted octanol–water partition coefficient (Wildman–Crippen LogP) is 2.53. The fourth-order valence-corrected chi connectivity index (χ4v) is 3.83. The number of benzene rings is 1. The molecule has 1 heterocycles. The van der Waals surface area contributed by atoms with Gasteiger partial charge in [-0.2, -0.15) is 0 Å². The van der Waals surface area contributed by atoms with E-state index in [1.165, 1.54) is 0 Å². The van der Waals surface area contributed by atoms with Crippen LogP contribution in [0.4, 0.5) is 0 Å². The van der Waals surface area contributed by atoms with Crippen LogP contribution in [0, 0.1) is 18.8 Å². The van der Waals surface area contributed by atoms with Gasteiger partial charge in [0.1, 0.15) is 6.04 Å². The normalized spacial score (nSPS) is 15.6. The number of nitrogens with one attached hydrogen (secondary N) is 2. The number of hydrogen-bond acceptors (Lipinski definition) is 4. The Morgan fingerprint density at radius 1 is 1.13 bits per heavy atom. The summed E-state index contributed by atoms with van der Waals surface area (Å²) in [6.45, 7) is 8.33. The summed E-state index contributed by atoms with van der Waals surface area (Å²) >= 11 is 0. The Labute approximate surface area is 185 Å². The van der Waals surface area contributed by atoms with Crippen LogP contribution >= 0.6 is 0 Å². The molecule has 2 rings (SSSR count). The van der Waals surface area contributed by atoms with Crippen molar-refractivity contribution in [3.8, 4) is 0 Å². The molecule has 31 heavy (non-hydrogen) atoms. The molecule has 0 aromatic heterocycles. The lowest BCUT2D eigenvalue weighted by atomic mass is 9.88. The second kappa shape index (κ2) is 12.4. The van der Waals surface area contributed by atoms with E-state index in [-0.39, 0.29) is 23.6 Å². The van der Waals surface area contributed by atoms with Crippen LogP contribution < -0.4 is 10.6 Å². The van der Waals surface area contributed by atoms with E-state index in [0.29, 0.717) is 63.4 Å². The quantitative estimate of drug-likeness (QED) is 0.557. The van der Waals surface area contributed by atoms with E-state index < -0.39 is 6.04 Å². The molecule has 1 unspecified atom stereocenters. The lowest BCUT2D eigenvalue weighted by Crippen LogP contribution is -2.54. The highest BCUT2D eigenvalue weighted by Crippen LogP contribution is 2.23. The van der Waals surface area contributed by atoms with Crippen LogP contribution in [-0.2, 0) is 14.3 Å². The average Bonchev–Trinajstić information content (AvgIpc) is 2.75. The third-order valence-corrected chi connectivity index (χ3v) is 5.65. The summed E-state index contributed by atoms with van der Waals surface area (Å²) in [7, 11) is 1.63. The molecule has 7 nitrogen and oxygen atoms in total. The Balaban J connectivity index is 2.03. The molecule has 172 valence electrons. The molecular formula is C24H37N3O4. The summed E-state index contributed by atoms with van der Waals surface area (Å²) in [4.78, 5) is 40.0. The van der Waals surface area contributed by atoms with E-state index in [4.69, 9.17) is 4.74 Å². The summed E-state index contributed by atoms with van der Waals surface area (Å²) < 4.78 is 5.04. The van der Waals surface area contributed by atoms with Gasteiger partial charge >= 0.3 is 0 Å². The van der Waals surface area contributed by atoms with Crippen molar-refractivity contribution >= 4 is 17.7 Å². The van der Waals surface area contributed by atoms with Crippen molar-refractivity contribution in [2.75, 3.05) is 33.4 Å². The minimum atomic E-state index is -0.626. The zero-order valence-electron chi connectivity index (χ0n) is 19.3. The molecule has 1 aliphatic heterocycles. The molecule has 0 spiro atoms. The Morgan fingerprint density at radius 2 is 1.77 bits per heavy atom. The van der Waals surface area contributed by atoms with Crippen LogP contribution in [0.25, 0.3) is 0 Å². The van der Waals surface area contributed by atoms with Crippen molar-refractivity contribution in [1.29, 1.82) is 0 Å². The van der Waals surface area contributed by atoms with Gasteiger partial charge in [-0.15, -0.1) is 0 Å². The lowest BCUT2D eigenvalue weighted by molar-refractivity contribution is -0.133. The summed E-state index contributed by atoms with van der Waals surface area (Å²) in [5, 5.41) is 5.88. The minimum absolute atomic E-state index is 0.0140. The maximum Gasteiger partial charge on any atom is 0.251 e. The molecule has 7 heteroatoms. The van der Waals surface area contributed by atoms with Crippen molar-refractivity contribution in [1.82, 2.24) is 15.5 Å². The Hall–Kier alpha value is -2.41. The molecule has 1 aromatic rings. The molecule has 1 aromatic carbocycles. The Kier molecular flexibility index (Phi) is 9.98. The van der Waals surface area contributed by atoms with E-state index >= 15 is 0 Å². The number of likely N-dealkylation sites (tertiary alicyclic amines) is 1. The largest absolute Gasteiger partial charge is 0.385 e. The van der Waals surface area contributed by atoms with Gasteiger partial charge in [-0.3, -0.25) is 14.4 Å². The smallest absolute Gasteiger partial charge is 0.251 e. The van der Waals surface area contributed by atoms with E-state index in [1.807, 2.05) is 37.8 Å². The standard InChI is InChI=1S/C24H37N3O4/c1-17(2)16-21(28)27-13-10-19(11-14-27)22(24(30)25-12-5-15-31-4)26-23(29)20-8-6-18(3)7-9-20/h6-9,17,19,22H,5,10-16H2,1-4H3,(H,25,30)(H,26,29). The fourth-order valence-electron chi connectivity index (χ4n) is 3.83. The van der Waals surface area contributed by atoms with Crippen LogP contribution in [0.5, 0.6) is 0 Å². The van der Waals surface area contributed by atoms with Gasteiger partial charge in [0.25, 0.3) is 5.91 Å². The third-order valence-electron chi connectivity index (χ3n) is 5.65. The maximum atomic E-state index is 12.9. The number of aryl methyl sites for hydroxylation is 1. The first-order valence-electron chi connectivity index (χ1n) is 11.2. The molecule has 3 amide bonds. The topological polar surface area (TPSA) is 87.7 Å². The van der Waals surface area contributed by atoms with Crippen LogP contribution in [0.1, 0.15) is 55.5 Å². The molecule has 0 saturated carbocycles. The highest BCUT2D eigenvalue weighted by Gasteiger charge is 2.33. The highest BCUT2D eigenvalue weighted by atomic mass is 16.5.